The zero-order chi connectivity index (χ0) is 21.8. The van der Waals surface area contributed by atoms with Gasteiger partial charge >= 0.3 is 0 Å². The van der Waals surface area contributed by atoms with Gasteiger partial charge in [0.25, 0.3) is 0 Å². The van der Waals surface area contributed by atoms with Crippen LogP contribution in [0, 0.1) is 0 Å². The summed E-state index contributed by atoms with van der Waals surface area (Å²) in [6, 6.07) is 10.3. The van der Waals surface area contributed by atoms with Crippen molar-refractivity contribution >= 4 is 23.3 Å². The van der Waals surface area contributed by atoms with E-state index in [9.17, 15) is 0 Å². The topological polar surface area (TPSA) is 66.0 Å². The van der Waals surface area contributed by atoms with Crippen molar-refractivity contribution in [3.8, 4) is 5.75 Å². The molecule has 31 heavy (non-hydrogen) atoms. The van der Waals surface area contributed by atoms with Crippen molar-refractivity contribution in [3.63, 3.8) is 0 Å². The average Bonchev–Trinajstić information content (AvgIpc) is 3.33. The minimum Gasteiger partial charge on any atom is -0.497 e. The van der Waals surface area contributed by atoms with Crippen LogP contribution in [0.5, 0.6) is 5.75 Å². The molecule has 1 aromatic carbocycles. The third-order valence-electron chi connectivity index (χ3n) is 6.18. The number of rotatable bonds is 7. The van der Waals surface area contributed by atoms with E-state index >= 15 is 0 Å². The number of methoxy groups -OCH3 is 1. The van der Waals surface area contributed by atoms with E-state index in [4.69, 9.17) is 19.4 Å². The normalized spacial score (nSPS) is 20.5. The van der Waals surface area contributed by atoms with Crippen molar-refractivity contribution in [3.05, 3.63) is 30.3 Å². The van der Waals surface area contributed by atoms with Gasteiger partial charge in [-0.2, -0.15) is 9.97 Å². The van der Waals surface area contributed by atoms with Crippen LogP contribution < -0.4 is 19.9 Å². The summed E-state index contributed by atoms with van der Waals surface area (Å²) < 4.78 is 11.2. The fraction of sp³-hybridized carbons (Fsp3) is 0.565. The van der Waals surface area contributed by atoms with Crippen LogP contribution in [-0.2, 0) is 4.74 Å². The molecule has 2 atom stereocenters. The number of aromatic nitrogens is 2. The summed E-state index contributed by atoms with van der Waals surface area (Å²) in [7, 11) is 5.68. The van der Waals surface area contributed by atoms with E-state index in [-0.39, 0.29) is 0 Å². The Morgan fingerprint density at radius 2 is 1.97 bits per heavy atom. The fourth-order valence-corrected chi connectivity index (χ4v) is 4.25. The zero-order valence-electron chi connectivity index (χ0n) is 19.0. The highest BCUT2D eigenvalue weighted by Crippen LogP contribution is 2.26. The Morgan fingerprint density at radius 3 is 2.65 bits per heavy atom. The molecule has 2 saturated heterocycles. The molecule has 2 unspecified atom stereocenters. The van der Waals surface area contributed by atoms with Crippen LogP contribution in [0.25, 0.3) is 0 Å². The predicted molar refractivity (Wildman–Crippen MR) is 125 cm³/mol. The lowest BCUT2D eigenvalue weighted by atomic mass is 10.1. The first-order chi connectivity index (χ1) is 15.0. The largest absolute Gasteiger partial charge is 0.497 e. The molecule has 0 radical (unpaired) electrons. The van der Waals surface area contributed by atoms with Crippen molar-refractivity contribution < 1.29 is 9.47 Å². The first-order valence-electron chi connectivity index (χ1n) is 11.1. The molecule has 2 aromatic rings. The molecule has 1 N–H and O–H groups in total. The number of benzene rings is 1. The lowest BCUT2D eigenvalue weighted by Crippen LogP contribution is -2.53. The number of hydrogen-bond donors (Lipinski definition) is 1. The second kappa shape index (κ2) is 9.70. The van der Waals surface area contributed by atoms with Crippen LogP contribution in [0.15, 0.2) is 30.3 Å². The summed E-state index contributed by atoms with van der Waals surface area (Å²) in [6.45, 7) is 7.01. The minimum atomic E-state index is 0.374. The highest BCUT2D eigenvalue weighted by atomic mass is 16.5. The molecule has 0 aliphatic carbocycles. The summed E-state index contributed by atoms with van der Waals surface area (Å²) in [5.74, 6) is 3.23. The van der Waals surface area contributed by atoms with Gasteiger partial charge in [-0.3, -0.25) is 4.90 Å². The van der Waals surface area contributed by atoms with Gasteiger partial charge in [-0.1, -0.05) is 6.07 Å². The van der Waals surface area contributed by atoms with E-state index < -0.39 is 0 Å². The summed E-state index contributed by atoms with van der Waals surface area (Å²) in [4.78, 5) is 16.5. The molecule has 0 spiro atoms. The summed E-state index contributed by atoms with van der Waals surface area (Å²) in [6.07, 6.45) is 2.73. The van der Waals surface area contributed by atoms with Crippen molar-refractivity contribution in [2.45, 2.75) is 31.9 Å². The van der Waals surface area contributed by atoms with Gasteiger partial charge in [-0.15, -0.1) is 0 Å². The summed E-state index contributed by atoms with van der Waals surface area (Å²) >= 11 is 0. The molecule has 8 heteroatoms. The second-order valence-corrected chi connectivity index (χ2v) is 8.48. The van der Waals surface area contributed by atoms with Crippen molar-refractivity contribution in [2.24, 2.45) is 0 Å². The molecule has 4 rings (SSSR count). The highest BCUT2D eigenvalue weighted by Gasteiger charge is 2.30. The molecule has 2 fully saturated rings. The van der Waals surface area contributed by atoms with Crippen molar-refractivity contribution in [1.29, 1.82) is 0 Å². The number of hydrogen-bond acceptors (Lipinski definition) is 8. The Morgan fingerprint density at radius 1 is 1.16 bits per heavy atom. The van der Waals surface area contributed by atoms with Gasteiger partial charge in [0.1, 0.15) is 17.4 Å². The number of anilines is 4. The first-order valence-corrected chi connectivity index (χ1v) is 11.1. The monoisotopic (exact) mass is 426 g/mol. The van der Waals surface area contributed by atoms with Crippen LogP contribution >= 0.6 is 0 Å². The molecule has 2 aliphatic heterocycles. The maximum atomic E-state index is 5.91. The third-order valence-corrected chi connectivity index (χ3v) is 6.18. The summed E-state index contributed by atoms with van der Waals surface area (Å²) in [5, 5.41) is 3.41. The van der Waals surface area contributed by atoms with Gasteiger partial charge in [0.2, 0.25) is 5.95 Å². The number of piperazine rings is 1. The lowest BCUT2D eigenvalue weighted by Gasteiger charge is -2.39. The Bertz CT molecular complexity index is 863. The second-order valence-electron chi connectivity index (χ2n) is 8.48. The van der Waals surface area contributed by atoms with Gasteiger partial charge in [-0.25, -0.2) is 0 Å². The number of nitrogens with zero attached hydrogens (tertiary/aromatic N) is 5. The standard InChI is InChI=1S/C23H34N6O2/c1-17(20-9-6-14-31-20)28-10-12-29(13-11-28)23-25-21(16-22(26-23)27(2)3)24-18-7-5-8-19(15-18)30-4/h5,7-8,15-17,20H,6,9-14H2,1-4H3,(H,24,25,26). The average molecular weight is 427 g/mol. The van der Waals surface area contributed by atoms with E-state index in [2.05, 4.69) is 22.0 Å². The molecular formula is C23H34N6O2. The summed E-state index contributed by atoms with van der Waals surface area (Å²) in [5.41, 5.74) is 0.934. The Labute approximate surface area is 185 Å². The molecule has 8 nitrogen and oxygen atoms in total. The van der Waals surface area contributed by atoms with Crippen LogP contribution in [0.3, 0.4) is 0 Å². The van der Waals surface area contributed by atoms with Crippen LogP contribution in [0.1, 0.15) is 19.8 Å². The maximum absolute atomic E-state index is 5.91. The molecule has 0 bridgehead atoms. The van der Waals surface area contributed by atoms with Gasteiger partial charge in [0, 0.05) is 70.7 Å². The zero-order valence-corrected chi connectivity index (χ0v) is 19.0. The SMILES string of the molecule is COc1cccc(Nc2cc(N(C)C)nc(N3CCN(C(C)C4CCCO4)CC3)n2)c1. The third kappa shape index (κ3) is 5.19. The van der Waals surface area contributed by atoms with E-state index in [1.165, 1.54) is 12.8 Å². The van der Waals surface area contributed by atoms with E-state index in [1.54, 1.807) is 7.11 Å². The molecule has 0 saturated carbocycles. The van der Waals surface area contributed by atoms with E-state index in [0.29, 0.717) is 12.1 Å². The first kappa shape index (κ1) is 21.6. The number of nitrogens with one attached hydrogen (secondary N) is 1. The number of ether oxygens (including phenoxy) is 2. The van der Waals surface area contributed by atoms with Crippen LogP contribution in [0.4, 0.5) is 23.3 Å². The van der Waals surface area contributed by atoms with Gasteiger partial charge < -0.3 is 24.6 Å². The molecule has 3 heterocycles. The quantitative estimate of drug-likeness (QED) is 0.725. The van der Waals surface area contributed by atoms with Gasteiger partial charge in [0.05, 0.1) is 13.2 Å². The molecule has 1 aromatic heterocycles. The van der Waals surface area contributed by atoms with E-state index in [0.717, 1.165) is 61.8 Å². The molecular weight excluding hydrogens is 392 g/mol. The minimum absolute atomic E-state index is 0.374. The predicted octanol–water partition coefficient (Wildman–Crippen LogP) is 2.98. The Balaban J connectivity index is 1.47. The fourth-order valence-electron chi connectivity index (χ4n) is 4.25. The molecule has 2 aliphatic rings. The Hall–Kier alpha value is -2.58. The van der Waals surface area contributed by atoms with Crippen LogP contribution in [-0.4, -0.2) is 81.0 Å². The Kier molecular flexibility index (Phi) is 6.77. The van der Waals surface area contributed by atoms with Gasteiger partial charge in [-0.05, 0) is 31.9 Å². The van der Waals surface area contributed by atoms with Crippen molar-refractivity contribution in [2.75, 3.05) is 69.1 Å². The van der Waals surface area contributed by atoms with Gasteiger partial charge in [0.15, 0.2) is 0 Å². The molecule has 168 valence electrons. The smallest absolute Gasteiger partial charge is 0.229 e. The molecule has 0 amide bonds. The van der Waals surface area contributed by atoms with Crippen molar-refractivity contribution in [1.82, 2.24) is 14.9 Å². The lowest BCUT2D eigenvalue weighted by molar-refractivity contribution is 0.0291. The highest BCUT2D eigenvalue weighted by molar-refractivity contribution is 5.63. The maximum Gasteiger partial charge on any atom is 0.229 e. The van der Waals surface area contributed by atoms with E-state index in [1.807, 2.05) is 49.3 Å². The van der Waals surface area contributed by atoms with Crippen LogP contribution in [0.2, 0.25) is 0 Å².